The SMILES string of the molecule is CS(=O)(=O)c1ccc2c(c1)CCN2c1cc(OC2CCN(c3ncccn3)CC2)ncn1. The van der Waals surface area contributed by atoms with Crippen molar-refractivity contribution in [3.05, 3.63) is 54.6 Å². The summed E-state index contributed by atoms with van der Waals surface area (Å²) >= 11 is 0. The van der Waals surface area contributed by atoms with E-state index >= 15 is 0 Å². The molecule has 0 spiro atoms. The molecular weight excluding hydrogens is 428 g/mol. The summed E-state index contributed by atoms with van der Waals surface area (Å²) in [5.74, 6) is 2.04. The maximum absolute atomic E-state index is 11.9. The van der Waals surface area contributed by atoms with Gasteiger partial charge in [-0.3, -0.25) is 0 Å². The van der Waals surface area contributed by atoms with Crippen molar-refractivity contribution in [2.24, 2.45) is 0 Å². The minimum atomic E-state index is -3.23. The fraction of sp³-hybridized carbons (Fsp3) is 0.364. The molecule has 1 aromatic carbocycles. The highest BCUT2D eigenvalue weighted by atomic mass is 32.2. The van der Waals surface area contributed by atoms with Crippen molar-refractivity contribution in [1.82, 2.24) is 19.9 Å². The summed E-state index contributed by atoms with van der Waals surface area (Å²) in [5, 5.41) is 0. The monoisotopic (exact) mass is 452 g/mol. The number of hydrogen-bond donors (Lipinski definition) is 0. The van der Waals surface area contributed by atoms with Gasteiger partial charge in [0.25, 0.3) is 0 Å². The number of hydrogen-bond acceptors (Lipinski definition) is 9. The van der Waals surface area contributed by atoms with Crippen molar-refractivity contribution >= 4 is 27.3 Å². The maximum atomic E-state index is 11.9. The molecule has 1 fully saturated rings. The Labute approximate surface area is 187 Å². The van der Waals surface area contributed by atoms with Gasteiger partial charge in [0.1, 0.15) is 18.2 Å². The van der Waals surface area contributed by atoms with Crippen LogP contribution in [-0.2, 0) is 16.3 Å². The first-order chi connectivity index (χ1) is 15.5. The summed E-state index contributed by atoms with van der Waals surface area (Å²) in [5.41, 5.74) is 1.97. The van der Waals surface area contributed by atoms with Crippen molar-refractivity contribution in [3.8, 4) is 5.88 Å². The van der Waals surface area contributed by atoms with E-state index in [0.29, 0.717) is 10.8 Å². The van der Waals surface area contributed by atoms with Crippen LogP contribution in [0.4, 0.5) is 17.5 Å². The second kappa shape index (κ2) is 8.34. The molecule has 32 heavy (non-hydrogen) atoms. The fourth-order valence-corrected chi connectivity index (χ4v) is 4.86. The van der Waals surface area contributed by atoms with Crippen LogP contribution in [0.5, 0.6) is 5.88 Å². The lowest BCUT2D eigenvalue weighted by atomic mass is 10.1. The summed E-state index contributed by atoms with van der Waals surface area (Å²) in [6.07, 6.45) is 8.81. The van der Waals surface area contributed by atoms with Gasteiger partial charge in [-0.05, 0) is 36.2 Å². The Balaban J connectivity index is 1.27. The predicted octanol–water partition coefficient (Wildman–Crippen LogP) is 2.41. The number of piperidine rings is 1. The smallest absolute Gasteiger partial charge is 0.225 e. The molecule has 3 aromatic rings. The molecule has 0 N–H and O–H groups in total. The highest BCUT2D eigenvalue weighted by Gasteiger charge is 2.25. The van der Waals surface area contributed by atoms with Gasteiger partial charge in [0.05, 0.1) is 4.90 Å². The number of rotatable bonds is 5. The maximum Gasteiger partial charge on any atom is 0.225 e. The summed E-state index contributed by atoms with van der Waals surface area (Å²) < 4.78 is 29.9. The van der Waals surface area contributed by atoms with Gasteiger partial charge in [-0.1, -0.05) is 0 Å². The van der Waals surface area contributed by atoms with Crippen molar-refractivity contribution in [2.75, 3.05) is 35.7 Å². The average Bonchev–Trinajstić information content (AvgIpc) is 3.23. The minimum absolute atomic E-state index is 0.0703. The normalized spacial score (nSPS) is 16.8. The van der Waals surface area contributed by atoms with Gasteiger partial charge in [0.15, 0.2) is 9.84 Å². The van der Waals surface area contributed by atoms with Crippen molar-refractivity contribution in [1.29, 1.82) is 0 Å². The Morgan fingerprint density at radius 3 is 2.53 bits per heavy atom. The van der Waals surface area contributed by atoms with Crippen molar-refractivity contribution in [2.45, 2.75) is 30.3 Å². The van der Waals surface area contributed by atoms with E-state index in [9.17, 15) is 8.42 Å². The molecule has 2 aliphatic rings. The van der Waals surface area contributed by atoms with E-state index in [2.05, 4.69) is 29.7 Å². The van der Waals surface area contributed by atoms with Crippen LogP contribution in [0, 0.1) is 0 Å². The molecule has 0 amide bonds. The molecule has 0 unspecified atom stereocenters. The van der Waals surface area contributed by atoms with Crippen molar-refractivity contribution < 1.29 is 13.2 Å². The van der Waals surface area contributed by atoms with Gasteiger partial charge in [-0.25, -0.2) is 28.4 Å². The molecule has 0 saturated carbocycles. The topological polar surface area (TPSA) is 101 Å². The molecular formula is C22H24N6O3S. The number of ether oxygens (including phenoxy) is 1. The van der Waals surface area contributed by atoms with Gasteiger partial charge in [0, 0.05) is 62.9 Å². The molecule has 0 radical (unpaired) electrons. The molecule has 0 aliphatic carbocycles. The third-order valence-corrected chi connectivity index (χ3v) is 6.95. The number of fused-ring (bicyclic) bond motifs is 1. The molecule has 2 aliphatic heterocycles. The van der Waals surface area contributed by atoms with E-state index in [4.69, 9.17) is 4.74 Å². The quantitative estimate of drug-likeness (QED) is 0.577. The van der Waals surface area contributed by atoms with Crippen molar-refractivity contribution in [3.63, 3.8) is 0 Å². The lowest BCUT2D eigenvalue weighted by Gasteiger charge is -2.31. The van der Waals surface area contributed by atoms with E-state index in [1.54, 1.807) is 24.5 Å². The molecule has 0 bridgehead atoms. The molecule has 0 atom stereocenters. The van der Waals surface area contributed by atoms with Gasteiger partial charge < -0.3 is 14.5 Å². The highest BCUT2D eigenvalue weighted by molar-refractivity contribution is 7.90. The van der Waals surface area contributed by atoms with Crippen LogP contribution in [0.15, 0.2) is 53.9 Å². The lowest BCUT2D eigenvalue weighted by Crippen LogP contribution is -2.39. The van der Waals surface area contributed by atoms with Crippen LogP contribution in [0.25, 0.3) is 0 Å². The molecule has 10 heteroatoms. The zero-order chi connectivity index (χ0) is 22.1. The van der Waals surface area contributed by atoms with E-state index in [0.717, 1.165) is 61.9 Å². The first-order valence-electron chi connectivity index (χ1n) is 10.6. The molecule has 1 saturated heterocycles. The molecule has 2 aromatic heterocycles. The van der Waals surface area contributed by atoms with Crippen LogP contribution < -0.4 is 14.5 Å². The largest absolute Gasteiger partial charge is 0.474 e. The summed E-state index contributed by atoms with van der Waals surface area (Å²) in [4.78, 5) is 22.0. The predicted molar refractivity (Wildman–Crippen MR) is 120 cm³/mol. The summed E-state index contributed by atoms with van der Waals surface area (Å²) in [7, 11) is -3.23. The molecule has 9 nitrogen and oxygen atoms in total. The molecule has 5 rings (SSSR count). The number of aromatic nitrogens is 4. The zero-order valence-corrected chi connectivity index (χ0v) is 18.6. The first kappa shape index (κ1) is 20.6. The number of benzene rings is 1. The van der Waals surface area contributed by atoms with Gasteiger partial charge in [-0.2, -0.15) is 0 Å². The molecule has 166 valence electrons. The van der Waals surface area contributed by atoms with Gasteiger partial charge in [-0.15, -0.1) is 0 Å². The van der Waals surface area contributed by atoms with Crippen LogP contribution in [0.1, 0.15) is 18.4 Å². The van der Waals surface area contributed by atoms with Gasteiger partial charge in [0.2, 0.25) is 11.8 Å². The Hall–Kier alpha value is -3.27. The highest BCUT2D eigenvalue weighted by Crippen LogP contribution is 2.35. The van der Waals surface area contributed by atoms with Crippen LogP contribution in [-0.4, -0.2) is 60.3 Å². The Morgan fingerprint density at radius 1 is 1.00 bits per heavy atom. The van der Waals surface area contributed by atoms with E-state index in [-0.39, 0.29) is 6.10 Å². The van der Waals surface area contributed by atoms with Crippen LogP contribution in [0.3, 0.4) is 0 Å². The molecule has 4 heterocycles. The number of nitrogens with zero attached hydrogens (tertiary/aromatic N) is 6. The third kappa shape index (κ3) is 4.22. The Kier molecular flexibility index (Phi) is 5.38. The Morgan fingerprint density at radius 2 is 1.78 bits per heavy atom. The standard InChI is InChI=1S/C22H24N6O3S/c1-32(29,30)18-3-4-19-16(13-18)5-12-28(19)20-14-21(26-15-25-20)31-17-6-10-27(11-7-17)22-23-8-2-9-24-22/h2-4,8-9,13-15,17H,5-7,10-12H2,1H3. The van der Waals surface area contributed by atoms with E-state index in [1.807, 2.05) is 18.2 Å². The second-order valence-electron chi connectivity index (χ2n) is 8.03. The number of sulfone groups is 1. The fourth-order valence-electron chi connectivity index (χ4n) is 4.19. The Bertz CT molecular complexity index is 1210. The van der Waals surface area contributed by atoms with Gasteiger partial charge >= 0.3 is 0 Å². The van der Waals surface area contributed by atoms with Crippen LogP contribution in [0.2, 0.25) is 0 Å². The average molecular weight is 453 g/mol. The van der Waals surface area contributed by atoms with E-state index < -0.39 is 9.84 Å². The van der Waals surface area contributed by atoms with E-state index in [1.165, 1.54) is 12.6 Å². The van der Waals surface area contributed by atoms with Crippen LogP contribution >= 0.6 is 0 Å². The first-order valence-corrected chi connectivity index (χ1v) is 12.5. The zero-order valence-electron chi connectivity index (χ0n) is 17.8. The minimum Gasteiger partial charge on any atom is -0.474 e. The summed E-state index contributed by atoms with van der Waals surface area (Å²) in [6.45, 7) is 2.39. The summed E-state index contributed by atoms with van der Waals surface area (Å²) in [6, 6.07) is 8.92. The lowest BCUT2D eigenvalue weighted by molar-refractivity contribution is 0.163. The third-order valence-electron chi connectivity index (χ3n) is 5.84. The second-order valence-corrected chi connectivity index (χ2v) is 10.0. The number of anilines is 3.